The molecule has 1 amide bonds. The maximum absolute atomic E-state index is 12.5. The summed E-state index contributed by atoms with van der Waals surface area (Å²) in [5, 5.41) is 1.88. The number of rotatable bonds is 6. The molecule has 1 aromatic heterocycles. The Morgan fingerprint density at radius 1 is 1.07 bits per heavy atom. The first-order chi connectivity index (χ1) is 14.6. The molecule has 156 valence electrons. The number of nitrogens with zero attached hydrogens (tertiary/aromatic N) is 3. The third kappa shape index (κ3) is 4.85. The second-order valence-corrected chi connectivity index (χ2v) is 8.02. The third-order valence-electron chi connectivity index (χ3n) is 5.48. The topological polar surface area (TPSA) is 45.7 Å². The molecule has 30 heavy (non-hydrogen) atoms. The van der Waals surface area contributed by atoms with Crippen molar-refractivity contribution in [3.63, 3.8) is 0 Å². The van der Waals surface area contributed by atoms with E-state index in [9.17, 15) is 4.79 Å². The molecule has 0 saturated carbocycles. The summed E-state index contributed by atoms with van der Waals surface area (Å²) in [6.07, 6.45) is 1.20. The van der Waals surface area contributed by atoms with Crippen LogP contribution >= 0.6 is 11.6 Å². The van der Waals surface area contributed by atoms with Crippen molar-refractivity contribution in [2.24, 2.45) is 0 Å². The van der Waals surface area contributed by atoms with Gasteiger partial charge in [-0.2, -0.15) is 0 Å². The van der Waals surface area contributed by atoms with Crippen LogP contribution in [-0.2, 0) is 4.79 Å². The van der Waals surface area contributed by atoms with Gasteiger partial charge in [-0.15, -0.1) is 0 Å². The zero-order valence-electron chi connectivity index (χ0n) is 17.2. The standard InChI is InChI=1S/C24H26ClN3O2/c1-18-17-23(26-22-6-3-2-5-21(18)22)27-12-14-28(15-13-27)24(29)7-4-16-30-20-10-8-19(25)9-11-20/h2-3,5-6,8-11,17H,4,7,12-16H2,1H3. The van der Waals surface area contributed by atoms with Gasteiger partial charge in [0.05, 0.1) is 12.1 Å². The summed E-state index contributed by atoms with van der Waals surface area (Å²) in [6, 6.07) is 17.6. The average molecular weight is 424 g/mol. The molecule has 2 heterocycles. The second-order valence-electron chi connectivity index (χ2n) is 7.59. The number of para-hydroxylation sites is 1. The molecule has 0 atom stereocenters. The lowest BCUT2D eigenvalue weighted by molar-refractivity contribution is -0.131. The van der Waals surface area contributed by atoms with Crippen LogP contribution in [0, 0.1) is 6.92 Å². The van der Waals surface area contributed by atoms with E-state index in [1.165, 1.54) is 10.9 Å². The van der Waals surface area contributed by atoms with E-state index in [4.69, 9.17) is 21.3 Å². The van der Waals surface area contributed by atoms with Crippen molar-refractivity contribution in [3.05, 3.63) is 65.2 Å². The Hall–Kier alpha value is -2.79. The average Bonchev–Trinajstić information content (AvgIpc) is 2.78. The fourth-order valence-electron chi connectivity index (χ4n) is 3.78. The van der Waals surface area contributed by atoms with Gasteiger partial charge in [0.1, 0.15) is 11.6 Å². The molecule has 4 rings (SSSR count). The van der Waals surface area contributed by atoms with Crippen LogP contribution in [0.4, 0.5) is 5.82 Å². The molecule has 1 aliphatic heterocycles. The number of benzene rings is 2. The number of anilines is 1. The highest BCUT2D eigenvalue weighted by atomic mass is 35.5. The second kappa shape index (κ2) is 9.35. The van der Waals surface area contributed by atoms with Crippen LogP contribution in [-0.4, -0.2) is 48.6 Å². The molecule has 0 unspecified atom stereocenters. The minimum absolute atomic E-state index is 0.192. The Kier molecular flexibility index (Phi) is 6.38. The van der Waals surface area contributed by atoms with Crippen LogP contribution < -0.4 is 9.64 Å². The maximum Gasteiger partial charge on any atom is 0.222 e. The molecule has 0 radical (unpaired) electrons. The number of halogens is 1. The van der Waals surface area contributed by atoms with Gasteiger partial charge in [0.15, 0.2) is 0 Å². The van der Waals surface area contributed by atoms with E-state index in [2.05, 4.69) is 30.0 Å². The van der Waals surface area contributed by atoms with E-state index >= 15 is 0 Å². The minimum Gasteiger partial charge on any atom is -0.494 e. The predicted molar refractivity (Wildman–Crippen MR) is 121 cm³/mol. The predicted octanol–water partition coefficient (Wildman–Crippen LogP) is 4.70. The molecule has 0 aliphatic carbocycles. The van der Waals surface area contributed by atoms with Gasteiger partial charge >= 0.3 is 0 Å². The molecule has 3 aromatic rings. The van der Waals surface area contributed by atoms with Gasteiger partial charge in [0.25, 0.3) is 0 Å². The number of carbonyl (C=O) groups is 1. The Bertz CT molecular complexity index is 1010. The highest BCUT2D eigenvalue weighted by Crippen LogP contribution is 2.23. The van der Waals surface area contributed by atoms with E-state index in [0.29, 0.717) is 24.5 Å². The van der Waals surface area contributed by atoms with Crippen molar-refractivity contribution in [1.82, 2.24) is 9.88 Å². The molecule has 0 N–H and O–H groups in total. The van der Waals surface area contributed by atoms with Crippen molar-refractivity contribution in [3.8, 4) is 5.75 Å². The van der Waals surface area contributed by atoms with E-state index in [1.807, 2.05) is 29.2 Å². The lowest BCUT2D eigenvalue weighted by Gasteiger charge is -2.35. The fraction of sp³-hybridized carbons (Fsp3) is 0.333. The number of carbonyl (C=O) groups excluding carboxylic acids is 1. The Morgan fingerprint density at radius 2 is 1.80 bits per heavy atom. The number of amides is 1. The van der Waals surface area contributed by atoms with Gasteiger partial charge in [-0.25, -0.2) is 4.98 Å². The monoisotopic (exact) mass is 423 g/mol. The molecule has 1 saturated heterocycles. The molecular formula is C24H26ClN3O2. The van der Waals surface area contributed by atoms with Crippen LogP contribution in [0.15, 0.2) is 54.6 Å². The lowest BCUT2D eigenvalue weighted by Crippen LogP contribution is -2.49. The first kappa shape index (κ1) is 20.5. The zero-order valence-corrected chi connectivity index (χ0v) is 17.9. The molecule has 0 spiro atoms. The summed E-state index contributed by atoms with van der Waals surface area (Å²) in [6.45, 7) is 5.71. The highest BCUT2D eigenvalue weighted by Gasteiger charge is 2.22. The number of piperazine rings is 1. The van der Waals surface area contributed by atoms with Crippen LogP contribution in [0.3, 0.4) is 0 Å². The number of pyridine rings is 1. The SMILES string of the molecule is Cc1cc(N2CCN(C(=O)CCCOc3ccc(Cl)cc3)CC2)nc2ccccc12. The smallest absolute Gasteiger partial charge is 0.222 e. The van der Waals surface area contributed by atoms with Crippen LogP contribution in [0.2, 0.25) is 5.02 Å². The summed E-state index contributed by atoms with van der Waals surface area (Å²) >= 11 is 5.87. The van der Waals surface area contributed by atoms with E-state index < -0.39 is 0 Å². The quantitative estimate of drug-likeness (QED) is 0.539. The van der Waals surface area contributed by atoms with E-state index in [1.54, 1.807) is 12.1 Å². The van der Waals surface area contributed by atoms with Crippen molar-refractivity contribution in [1.29, 1.82) is 0 Å². The molecule has 2 aromatic carbocycles. The van der Waals surface area contributed by atoms with Crippen molar-refractivity contribution in [2.75, 3.05) is 37.7 Å². The normalized spacial score (nSPS) is 14.2. The van der Waals surface area contributed by atoms with Gasteiger partial charge < -0.3 is 14.5 Å². The first-order valence-corrected chi connectivity index (χ1v) is 10.8. The Labute approximate surface area is 182 Å². The van der Waals surface area contributed by atoms with Crippen molar-refractivity contribution < 1.29 is 9.53 Å². The largest absolute Gasteiger partial charge is 0.494 e. The summed E-state index contributed by atoms with van der Waals surface area (Å²) in [7, 11) is 0. The minimum atomic E-state index is 0.192. The Morgan fingerprint density at radius 3 is 2.57 bits per heavy atom. The van der Waals surface area contributed by atoms with Gasteiger partial charge in [-0.05, 0) is 55.3 Å². The van der Waals surface area contributed by atoms with Gasteiger partial charge in [0.2, 0.25) is 5.91 Å². The number of hydrogen-bond donors (Lipinski definition) is 0. The molecule has 5 nitrogen and oxygen atoms in total. The number of hydrogen-bond acceptors (Lipinski definition) is 4. The summed E-state index contributed by atoms with van der Waals surface area (Å²) < 4.78 is 5.67. The number of fused-ring (bicyclic) bond motifs is 1. The van der Waals surface area contributed by atoms with Crippen LogP contribution in [0.1, 0.15) is 18.4 Å². The molecule has 1 aliphatic rings. The summed E-state index contributed by atoms with van der Waals surface area (Å²) in [5.74, 6) is 1.96. The fourth-order valence-corrected chi connectivity index (χ4v) is 3.91. The van der Waals surface area contributed by atoms with Gasteiger partial charge in [-0.3, -0.25) is 4.79 Å². The summed E-state index contributed by atoms with van der Waals surface area (Å²) in [4.78, 5) is 21.6. The number of ether oxygens (including phenoxy) is 1. The van der Waals surface area contributed by atoms with E-state index in [-0.39, 0.29) is 5.91 Å². The van der Waals surface area contributed by atoms with Crippen molar-refractivity contribution >= 4 is 34.2 Å². The van der Waals surface area contributed by atoms with Crippen LogP contribution in [0.25, 0.3) is 10.9 Å². The maximum atomic E-state index is 12.5. The molecular weight excluding hydrogens is 398 g/mol. The molecule has 1 fully saturated rings. The van der Waals surface area contributed by atoms with Crippen molar-refractivity contribution in [2.45, 2.75) is 19.8 Å². The Balaban J connectivity index is 1.25. The first-order valence-electron chi connectivity index (χ1n) is 10.4. The van der Waals surface area contributed by atoms with Gasteiger partial charge in [0, 0.05) is 43.0 Å². The summed E-state index contributed by atoms with van der Waals surface area (Å²) in [5.41, 5.74) is 2.25. The van der Waals surface area contributed by atoms with Gasteiger partial charge in [-0.1, -0.05) is 29.8 Å². The number of aromatic nitrogens is 1. The van der Waals surface area contributed by atoms with E-state index in [0.717, 1.165) is 43.3 Å². The lowest BCUT2D eigenvalue weighted by atomic mass is 10.1. The third-order valence-corrected chi connectivity index (χ3v) is 5.74. The molecule has 6 heteroatoms. The molecule has 0 bridgehead atoms. The zero-order chi connectivity index (χ0) is 20.9. The highest BCUT2D eigenvalue weighted by molar-refractivity contribution is 6.30. The van der Waals surface area contributed by atoms with Crippen LogP contribution in [0.5, 0.6) is 5.75 Å². The number of aryl methyl sites for hydroxylation is 1.